The van der Waals surface area contributed by atoms with E-state index in [2.05, 4.69) is 111 Å². The highest BCUT2D eigenvalue weighted by Gasteiger charge is 2.04. The summed E-state index contributed by atoms with van der Waals surface area (Å²) in [6, 6.07) is 30.8. The zero-order chi connectivity index (χ0) is 18.6. The molecule has 0 nitrogen and oxygen atoms in total. The quantitative estimate of drug-likeness (QED) is 0.445. The Bertz CT molecular complexity index is 1190. The normalized spacial score (nSPS) is 12.7. The molecule has 0 heteroatoms. The maximum absolute atomic E-state index is 2.26. The molecule has 4 rings (SSSR count). The van der Waals surface area contributed by atoms with Gasteiger partial charge in [-0.2, -0.15) is 0 Å². The predicted molar refractivity (Wildman–Crippen MR) is 118 cm³/mol. The van der Waals surface area contributed by atoms with Crippen LogP contribution >= 0.6 is 0 Å². The second-order valence-corrected chi connectivity index (χ2v) is 6.90. The molecule has 0 saturated heterocycles. The molecule has 0 spiro atoms. The molecule has 0 fully saturated rings. The zero-order valence-electron chi connectivity index (χ0n) is 15.9. The van der Waals surface area contributed by atoms with Crippen molar-refractivity contribution in [3.05, 3.63) is 106 Å². The van der Waals surface area contributed by atoms with Crippen molar-refractivity contribution in [1.82, 2.24) is 0 Å². The molecule has 0 aliphatic heterocycles. The van der Waals surface area contributed by atoms with Gasteiger partial charge in [-0.15, -0.1) is 0 Å². The Balaban J connectivity index is 1.70. The Morgan fingerprint density at radius 2 is 1.41 bits per heavy atom. The minimum absolute atomic E-state index is 0.956. The van der Waals surface area contributed by atoms with Gasteiger partial charge in [0.2, 0.25) is 0 Å². The molecule has 0 N–H and O–H groups in total. The van der Waals surface area contributed by atoms with Crippen LogP contribution in [0.4, 0.5) is 0 Å². The third-order valence-electron chi connectivity index (χ3n) is 5.28. The van der Waals surface area contributed by atoms with Crippen molar-refractivity contribution < 1.29 is 0 Å². The average Bonchev–Trinajstić information content (AvgIpc) is 2.74. The topological polar surface area (TPSA) is 0 Å². The van der Waals surface area contributed by atoms with Crippen molar-refractivity contribution in [2.45, 2.75) is 20.3 Å². The van der Waals surface area contributed by atoms with E-state index in [1.807, 2.05) is 0 Å². The molecule has 0 saturated carbocycles. The molecule has 0 aliphatic rings. The highest BCUT2D eigenvalue weighted by Crippen LogP contribution is 2.23. The van der Waals surface area contributed by atoms with Crippen LogP contribution in [0.1, 0.15) is 25.0 Å². The highest BCUT2D eigenvalue weighted by molar-refractivity contribution is 5.86. The first kappa shape index (κ1) is 17.3. The first-order valence-electron chi connectivity index (χ1n) is 9.58. The third-order valence-corrected chi connectivity index (χ3v) is 5.28. The summed E-state index contributed by atoms with van der Waals surface area (Å²) in [6.07, 6.45) is 5.33. The predicted octanol–water partition coefficient (Wildman–Crippen LogP) is 5.70. The van der Waals surface area contributed by atoms with E-state index >= 15 is 0 Å². The number of benzene rings is 4. The van der Waals surface area contributed by atoms with Crippen LogP contribution in [0.2, 0.25) is 0 Å². The molecule has 0 bridgehead atoms. The van der Waals surface area contributed by atoms with Gasteiger partial charge in [-0.05, 0) is 63.7 Å². The lowest BCUT2D eigenvalue weighted by molar-refractivity contribution is 1.21. The van der Waals surface area contributed by atoms with Gasteiger partial charge in [0, 0.05) is 0 Å². The monoisotopic (exact) mass is 348 g/mol. The third kappa shape index (κ3) is 3.44. The summed E-state index contributed by atoms with van der Waals surface area (Å²) in [6.45, 7) is 4.21. The highest BCUT2D eigenvalue weighted by atomic mass is 14.1. The second-order valence-electron chi connectivity index (χ2n) is 6.90. The van der Waals surface area contributed by atoms with E-state index < -0.39 is 0 Å². The van der Waals surface area contributed by atoms with Gasteiger partial charge in [0.25, 0.3) is 0 Å². The van der Waals surface area contributed by atoms with E-state index in [0.717, 1.165) is 6.42 Å². The zero-order valence-corrected chi connectivity index (χ0v) is 15.9. The molecule has 0 amide bonds. The van der Waals surface area contributed by atoms with E-state index in [1.54, 1.807) is 0 Å². The SMILES string of the molecule is C/C=c1/cccc(-c2ccc(Cc3cccc4ccccc34)cc2)/c1=C/C. The minimum Gasteiger partial charge on any atom is -0.0798 e. The standard InChI is InChI=1S/C27H24/c1-3-21-10-8-14-27(25(21)4-2)23-17-15-20(16-18-23)19-24-12-7-11-22-9-5-6-13-26(22)24/h3-18H,19H2,1-2H3/b21-3-,25-4+. The summed E-state index contributed by atoms with van der Waals surface area (Å²) in [5.41, 5.74) is 5.29. The van der Waals surface area contributed by atoms with Gasteiger partial charge in [-0.25, -0.2) is 0 Å². The summed E-state index contributed by atoms with van der Waals surface area (Å²) in [5.74, 6) is 0. The Labute approximate surface area is 161 Å². The molecule has 0 aliphatic carbocycles. The Hall–Kier alpha value is -3.12. The maximum atomic E-state index is 2.26. The van der Waals surface area contributed by atoms with Crippen LogP contribution < -0.4 is 10.4 Å². The van der Waals surface area contributed by atoms with E-state index in [1.165, 1.54) is 43.5 Å². The van der Waals surface area contributed by atoms with Crippen molar-refractivity contribution >= 4 is 22.9 Å². The molecule has 0 heterocycles. The first-order valence-corrected chi connectivity index (χ1v) is 9.58. The van der Waals surface area contributed by atoms with Crippen LogP contribution in [0.3, 0.4) is 0 Å². The van der Waals surface area contributed by atoms with Crippen molar-refractivity contribution in [2.75, 3.05) is 0 Å². The number of fused-ring (bicyclic) bond motifs is 1. The van der Waals surface area contributed by atoms with Gasteiger partial charge in [0.1, 0.15) is 0 Å². The molecule has 132 valence electrons. The van der Waals surface area contributed by atoms with Crippen LogP contribution in [-0.2, 0) is 6.42 Å². The number of rotatable bonds is 3. The van der Waals surface area contributed by atoms with Gasteiger partial charge < -0.3 is 0 Å². The smallest absolute Gasteiger partial charge is 0.00196 e. The van der Waals surface area contributed by atoms with Crippen molar-refractivity contribution in [3.8, 4) is 11.1 Å². The van der Waals surface area contributed by atoms with E-state index in [-0.39, 0.29) is 0 Å². The number of hydrogen-bond acceptors (Lipinski definition) is 0. The Morgan fingerprint density at radius 1 is 0.667 bits per heavy atom. The van der Waals surface area contributed by atoms with Crippen molar-refractivity contribution in [3.63, 3.8) is 0 Å². The molecule has 27 heavy (non-hydrogen) atoms. The van der Waals surface area contributed by atoms with E-state index in [4.69, 9.17) is 0 Å². The van der Waals surface area contributed by atoms with Gasteiger partial charge in [-0.1, -0.05) is 97.1 Å². The molecular formula is C27H24. The molecule has 0 aromatic heterocycles. The van der Waals surface area contributed by atoms with Gasteiger partial charge in [0.15, 0.2) is 0 Å². The molecule has 0 radical (unpaired) electrons. The van der Waals surface area contributed by atoms with Gasteiger partial charge >= 0.3 is 0 Å². The fourth-order valence-electron chi connectivity index (χ4n) is 3.88. The maximum Gasteiger partial charge on any atom is -0.00196 e. The summed E-state index contributed by atoms with van der Waals surface area (Å²) >= 11 is 0. The lowest BCUT2D eigenvalue weighted by Gasteiger charge is -2.09. The first-order chi connectivity index (χ1) is 13.3. The summed E-state index contributed by atoms with van der Waals surface area (Å²) in [4.78, 5) is 0. The lowest BCUT2D eigenvalue weighted by Crippen LogP contribution is -2.25. The number of hydrogen-bond donors (Lipinski definition) is 0. The molecule has 0 unspecified atom stereocenters. The molecule has 4 aromatic rings. The largest absolute Gasteiger partial charge is 0.0798 e. The summed E-state index contributed by atoms with van der Waals surface area (Å²) in [7, 11) is 0. The Morgan fingerprint density at radius 3 is 2.19 bits per heavy atom. The van der Waals surface area contributed by atoms with E-state index in [0.29, 0.717) is 0 Å². The molecular weight excluding hydrogens is 324 g/mol. The summed E-state index contributed by atoms with van der Waals surface area (Å²) in [5, 5.41) is 5.25. The molecule has 4 aromatic carbocycles. The van der Waals surface area contributed by atoms with Gasteiger partial charge in [-0.3, -0.25) is 0 Å². The fraction of sp³-hybridized carbons (Fsp3) is 0.111. The van der Waals surface area contributed by atoms with Crippen LogP contribution in [0, 0.1) is 0 Å². The van der Waals surface area contributed by atoms with Crippen molar-refractivity contribution in [1.29, 1.82) is 0 Å². The fourth-order valence-corrected chi connectivity index (χ4v) is 3.88. The van der Waals surface area contributed by atoms with Crippen LogP contribution in [0.5, 0.6) is 0 Å². The molecule has 0 atom stereocenters. The summed E-state index contributed by atoms with van der Waals surface area (Å²) < 4.78 is 0. The average molecular weight is 348 g/mol. The van der Waals surface area contributed by atoms with Crippen LogP contribution in [0.25, 0.3) is 34.1 Å². The van der Waals surface area contributed by atoms with Crippen LogP contribution in [-0.4, -0.2) is 0 Å². The van der Waals surface area contributed by atoms with Gasteiger partial charge in [0.05, 0.1) is 0 Å². The van der Waals surface area contributed by atoms with Crippen LogP contribution in [0.15, 0.2) is 84.9 Å². The second kappa shape index (κ2) is 7.63. The Kier molecular flexibility index (Phi) is 4.89. The van der Waals surface area contributed by atoms with Crippen molar-refractivity contribution in [2.24, 2.45) is 0 Å². The van der Waals surface area contributed by atoms with E-state index in [9.17, 15) is 0 Å². The minimum atomic E-state index is 0.956. The lowest BCUT2D eigenvalue weighted by atomic mass is 9.96.